The number of aliphatic hydroxyl groups is 1. The molecule has 0 aliphatic carbocycles. The first kappa shape index (κ1) is 12.4. The first-order chi connectivity index (χ1) is 9.88. The molecule has 20 heavy (non-hydrogen) atoms. The maximum absolute atomic E-state index is 9.45. The molecular weight excluding hydrogens is 250 g/mol. The minimum Gasteiger partial charge on any atom is -0.390 e. The van der Waals surface area contributed by atoms with Crippen LogP contribution in [0.2, 0.25) is 0 Å². The summed E-state index contributed by atoms with van der Waals surface area (Å²) in [6, 6.07) is 9.72. The van der Waals surface area contributed by atoms with Crippen LogP contribution in [0.1, 0.15) is 5.69 Å². The minimum atomic E-state index is -0.0890. The SMILES string of the molecule is OCc1ncc(-c2ccncc2)cc1-c1ccncc1. The van der Waals surface area contributed by atoms with E-state index in [0.717, 1.165) is 22.3 Å². The summed E-state index contributed by atoms with van der Waals surface area (Å²) in [4.78, 5) is 12.4. The van der Waals surface area contributed by atoms with Crippen molar-refractivity contribution < 1.29 is 5.11 Å². The molecule has 0 aliphatic heterocycles. The molecule has 0 saturated heterocycles. The van der Waals surface area contributed by atoms with Crippen molar-refractivity contribution in [2.24, 2.45) is 0 Å². The minimum absolute atomic E-state index is 0.0890. The predicted octanol–water partition coefficient (Wildman–Crippen LogP) is 2.70. The van der Waals surface area contributed by atoms with Gasteiger partial charge in [-0.3, -0.25) is 15.0 Å². The van der Waals surface area contributed by atoms with Gasteiger partial charge >= 0.3 is 0 Å². The van der Waals surface area contributed by atoms with Gasteiger partial charge in [0.1, 0.15) is 0 Å². The van der Waals surface area contributed by atoms with Crippen LogP contribution in [-0.4, -0.2) is 20.1 Å². The van der Waals surface area contributed by atoms with Crippen molar-refractivity contribution in [1.29, 1.82) is 0 Å². The van der Waals surface area contributed by atoms with Gasteiger partial charge in [0.15, 0.2) is 0 Å². The van der Waals surface area contributed by atoms with Crippen molar-refractivity contribution >= 4 is 0 Å². The van der Waals surface area contributed by atoms with Gasteiger partial charge in [-0.2, -0.15) is 0 Å². The fraction of sp³-hybridized carbons (Fsp3) is 0.0625. The molecule has 1 N–H and O–H groups in total. The van der Waals surface area contributed by atoms with Crippen molar-refractivity contribution in [1.82, 2.24) is 15.0 Å². The van der Waals surface area contributed by atoms with Crippen LogP contribution in [-0.2, 0) is 6.61 Å². The summed E-state index contributed by atoms with van der Waals surface area (Å²) in [7, 11) is 0. The molecule has 4 heteroatoms. The lowest BCUT2D eigenvalue weighted by Gasteiger charge is -2.09. The molecule has 0 atom stereocenters. The van der Waals surface area contributed by atoms with E-state index in [1.165, 1.54) is 0 Å². The van der Waals surface area contributed by atoms with E-state index in [-0.39, 0.29) is 6.61 Å². The average molecular weight is 263 g/mol. The Morgan fingerprint density at radius 3 is 2.00 bits per heavy atom. The molecule has 4 nitrogen and oxygen atoms in total. The van der Waals surface area contributed by atoms with E-state index in [2.05, 4.69) is 15.0 Å². The van der Waals surface area contributed by atoms with Crippen LogP contribution >= 0.6 is 0 Å². The van der Waals surface area contributed by atoms with Gasteiger partial charge in [0.2, 0.25) is 0 Å². The van der Waals surface area contributed by atoms with Crippen molar-refractivity contribution in [2.45, 2.75) is 6.61 Å². The molecule has 0 amide bonds. The van der Waals surface area contributed by atoms with E-state index in [1.807, 2.05) is 30.3 Å². The van der Waals surface area contributed by atoms with Gasteiger partial charge in [-0.05, 0) is 41.5 Å². The maximum atomic E-state index is 9.45. The third kappa shape index (κ3) is 2.41. The average Bonchev–Trinajstić information content (AvgIpc) is 2.56. The highest BCUT2D eigenvalue weighted by atomic mass is 16.3. The highest BCUT2D eigenvalue weighted by Gasteiger charge is 2.08. The molecule has 0 spiro atoms. The Morgan fingerprint density at radius 1 is 0.800 bits per heavy atom. The molecule has 0 unspecified atom stereocenters. The van der Waals surface area contributed by atoms with E-state index >= 15 is 0 Å². The third-order valence-electron chi connectivity index (χ3n) is 3.12. The second-order valence-electron chi connectivity index (χ2n) is 4.35. The van der Waals surface area contributed by atoms with E-state index in [0.29, 0.717) is 5.69 Å². The van der Waals surface area contributed by atoms with Crippen LogP contribution in [0, 0.1) is 0 Å². The van der Waals surface area contributed by atoms with Gasteiger partial charge in [-0.1, -0.05) is 0 Å². The fourth-order valence-electron chi connectivity index (χ4n) is 2.10. The van der Waals surface area contributed by atoms with Crippen molar-refractivity contribution in [3.63, 3.8) is 0 Å². The third-order valence-corrected chi connectivity index (χ3v) is 3.12. The highest BCUT2D eigenvalue weighted by Crippen LogP contribution is 2.27. The molecular formula is C16H13N3O. The summed E-state index contributed by atoms with van der Waals surface area (Å²) >= 11 is 0. The van der Waals surface area contributed by atoms with Crippen LogP contribution in [0.4, 0.5) is 0 Å². The summed E-state index contributed by atoms with van der Waals surface area (Å²) < 4.78 is 0. The quantitative estimate of drug-likeness (QED) is 0.789. The Labute approximate surface area is 116 Å². The molecule has 3 heterocycles. The van der Waals surface area contributed by atoms with Gasteiger partial charge in [0, 0.05) is 42.1 Å². The highest BCUT2D eigenvalue weighted by molar-refractivity contribution is 5.73. The Bertz CT molecular complexity index is 699. The van der Waals surface area contributed by atoms with Crippen LogP contribution in [0.25, 0.3) is 22.3 Å². The number of aliphatic hydroxyl groups excluding tert-OH is 1. The van der Waals surface area contributed by atoms with Crippen molar-refractivity contribution in [3.8, 4) is 22.3 Å². The second kappa shape index (κ2) is 5.59. The van der Waals surface area contributed by atoms with Crippen LogP contribution < -0.4 is 0 Å². The molecule has 0 bridgehead atoms. The second-order valence-corrected chi connectivity index (χ2v) is 4.35. The van der Waals surface area contributed by atoms with Crippen LogP contribution in [0.3, 0.4) is 0 Å². The molecule has 3 aromatic rings. The zero-order valence-corrected chi connectivity index (χ0v) is 10.8. The smallest absolute Gasteiger partial charge is 0.0859 e. The summed E-state index contributed by atoms with van der Waals surface area (Å²) in [5, 5.41) is 9.45. The van der Waals surface area contributed by atoms with E-state index in [1.54, 1.807) is 31.0 Å². The number of pyridine rings is 3. The number of hydrogen-bond acceptors (Lipinski definition) is 4. The Kier molecular flexibility index (Phi) is 3.48. The molecule has 0 fully saturated rings. The Morgan fingerprint density at radius 2 is 1.40 bits per heavy atom. The molecule has 0 saturated carbocycles. The molecule has 0 aromatic carbocycles. The van der Waals surface area contributed by atoms with Crippen LogP contribution in [0.5, 0.6) is 0 Å². The van der Waals surface area contributed by atoms with Gasteiger partial charge in [0.05, 0.1) is 12.3 Å². The number of nitrogens with zero attached hydrogens (tertiary/aromatic N) is 3. The summed E-state index contributed by atoms with van der Waals surface area (Å²) in [6.45, 7) is -0.0890. The fourth-order valence-corrected chi connectivity index (χ4v) is 2.10. The first-order valence-electron chi connectivity index (χ1n) is 6.29. The number of aromatic nitrogens is 3. The Hall–Kier alpha value is -2.59. The zero-order chi connectivity index (χ0) is 13.8. The van der Waals surface area contributed by atoms with Gasteiger partial charge in [-0.15, -0.1) is 0 Å². The summed E-state index contributed by atoms with van der Waals surface area (Å²) in [6.07, 6.45) is 8.74. The topological polar surface area (TPSA) is 58.9 Å². The van der Waals surface area contributed by atoms with E-state index in [4.69, 9.17) is 0 Å². The van der Waals surface area contributed by atoms with Crippen molar-refractivity contribution in [3.05, 3.63) is 67.0 Å². The molecule has 0 aliphatic rings. The number of rotatable bonds is 3. The van der Waals surface area contributed by atoms with E-state index < -0.39 is 0 Å². The van der Waals surface area contributed by atoms with Crippen molar-refractivity contribution in [2.75, 3.05) is 0 Å². The largest absolute Gasteiger partial charge is 0.390 e. The molecule has 98 valence electrons. The molecule has 0 radical (unpaired) electrons. The molecule has 3 rings (SSSR count). The monoisotopic (exact) mass is 263 g/mol. The normalized spacial score (nSPS) is 10.4. The summed E-state index contributed by atoms with van der Waals surface area (Å²) in [5.41, 5.74) is 4.62. The lowest BCUT2D eigenvalue weighted by Crippen LogP contribution is -1.95. The zero-order valence-electron chi connectivity index (χ0n) is 10.8. The van der Waals surface area contributed by atoms with Gasteiger partial charge in [0.25, 0.3) is 0 Å². The lowest BCUT2D eigenvalue weighted by atomic mass is 10.0. The van der Waals surface area contributed by atoms with E-state index in [9.17, 15) is 5.11 Å². The first-order valence-corrected chi connectivity index (χ1v) is 6.29. The Balaban J connectivity index is 2.13. The number of hydrogen-bond donors (Lipinski definition) is 1. The maximum Gasteiger partial charge on any atom is 0.0859 e. The van der Waals surface area contributed by atoms with Crippen LogP contribution in [0.15, 0.2) is 61.3 Å². The lowest BCUT2D eigenvalue weighted by molar-refractivity contribution is 0.277. The summed E-state index contributed by atoms with van der Waals surface area (Å²) in [5.74, 6) is 0. The van der Waals surface area contributed by atoms with Gasteiger partial charge < -0.3 is 5.11 Å². The molecule has 3 aromatic heterocycles. The predicted molar refractivity (Wildman–Crippen MR) is 76.6 cm³/mol. The van der Waals surface area contributed by atoms with Gasteiger partial charge in [-0.25, -0.2) is 0 Å². The standard InChI is InChI=1S/C16H13N3O/c20-11-16-15(13-3-7-18-8-4-13)9-14(10-19-16)12-1-5-17-6-2-12/h1-10,20H,11H2.